The normalized spacial score (nSPS) is 12.4. The van der Waals surface area contributed by atoms with Crippen LogP contribution in [-0.4, -0.2) is 11.7 Å². The highest BCUT2D eigenvalue weighted by atomic mass is 35.5. The van der Waals surface area contributed by atoms with E-state index in [0.29, 0.717) is 16.5 Å². The van der Waals surface area contributed by atoms with E-state index in [0.717, 1.165) is 11.1 Å². The summed E-state index contributed by atoms with van der Waals surface area (Å²) < 4.78 is 0. The van der Waals surface area contributed by atoms with Gasteiger partial charge in [0.2, 0.25) is 0 Å². The molecule has 0 bridgehead atoms. The van der Waals surface area contributed by atoms with Gasteiger partial charge in [0.15, 0.2) is 0 Å². The molecule has 100 valence electrons. The van der Waals surface area contributed by atoms with Crippen LogP contribution < -0.4 is 0 Å². The van der Waals surface area contributed by atoms with Gasteiger partial charge in [0.05, 0.1) is 6.61 Å². The van der Waals surface area contributed by atoms with E-state index in [4.69, 9.17) is 23.2 Å². The second kappa shape index (κ2) is 6.42. The van der Waals surface area contributed by atoms with Crippen molar-refractivity contribution >= 4 is 23.2 Å². The van der Waals surface area contributed by atoms with Crippen molar-refractivity contribution in [2.75, 3.05) is 6.61 Å². The molecule has 0 heterocycles. The largest absolute Gasteiger partial charge is 0.396 e. The molecule has 1 N–H and O–H groups in total. The monoisotopic (exact) mass is 294 g/mol. The van der Waals surface area contributed by atoms with Gasteiger partial charge in [0, 0.05) is 16.0 Å². The smallest absolute Gasteiger partial charge is 0.0503 e. The first-order valence-corrected chi connectivity index (χ1v) is 6.98. The van der Waals surface area contributed by atoms with Crippen LogP contribution in [-0.2, 0) is 6.42 Å². The maximum Gasteiger partial charge on any atom is 0.0503 e. The van der Waals surface area contributed by atoms with E-state index in [1.54, 1.807) is 0 Å². The molecule has 0 saturated carbocycles. The average molecular weight is 295 g/mol. The Morgan fingerprint density at radius 3 is 2.21 bits per heavy atom. The van der Waals surface area contributed by atoms with Crippen molar-refractivity contribution in [2.24, 2.45) is 0 Å². The van der Waals surface area contributed by atoms with Crippen LogP contribution in [0.25, 0.3) is 0 Å². The number of rotatable bonds is 4. The van der Waals surface area contributed by atoms with E-state index in [-0.39, 0.29) is 12.5 Å². The molecular weight excluding hydrogens is 279 g/mol. The van der Waals surface area contributed by atoms with E-state index in [1.807, 2.05) is 49.4 Å². The maximum atomic E-state index is 9.66. The molecule has 0 aliphatic carbocycles. The van der Waals surface area contributed by atoms with Crippen molar-refractivity contribution in [3.8, 4) is 0 Å². The SMILES string of the molecule is Cc1ccccc1[C@H](CO)Cc1c(Cl)cccc1Cl. The molecule has 3 heteroatoms. The zero-order valence-corrected chi connectivity index (χ0v) is 12.2. The van der Waals surface area contributed by atoms with Crippen LogP contribution in [0.15, 0.2) is 42.5 Å². The number of benzene rings is 2. The second-order valence-corrected chi connectivity index (χ2v) is 5.45. The summed E-state index contributed by atoms with van der Waals surface area (Å²) in [5, 5.41) is 11.0. The van der Waals surface area contributed by atoms with Crippen LogP contribution in [0.1, 0.15) is 22.6 Å². The molecule has 0 aliphatic rings. The van der Waals surface area contributed by atoms with Gasteiger partial charge >= 0.3 is 0 Å². The highest BCUT2D eigenvalue weighted by Crippen LogP contribution is 2.31. The Kier molecular flexibility index (Phi) is 4.87. The molecule has 0 amide bonds. The molecule has 0 aromatic heterocycles. The minimum Gasteiger partial charge on any atom is -0.396 e. The highest BCUT2D eigenvalue weighted by molar-refractivity contribution is 6.36. The summed E-state index contributed by atoms with van der Waals surface area (Å²) >= 11 is 12.4. The fraction of sp³-hybridized carbons (Fsp3) is 0.250. The third-order valence-corrected chi connectivity index (χ3v) is 4.07. The minimum absolute atomic E-state index is 0.0126. The summed E-state index contributed by atoms with van der Waals surface area (Å²) in [5.41, 5.74) is 3.21. The van der Waals surface area contributed by atoms with E-state index >= 15 is 0 Å². The third kappa shape index (κ3) is 3.30. The zero-order valence-electron chi connectivity index (χ0n) is 10.7. The fourth-order valence-electron chi connectivity index (χ4n) is 2.29. The first-order chi connectivity index (χ1) is 9.13. The van der Waals surface area contributed by atoms with Gasteiger partial charge in [0.25, 0.3) is 0 Å². The first-order valence-electron chi connectivity index (χ1n) is 6.22. The van der Waals surface area contributed by atoms with Crippen LogP contribution in [0.3, 0.4) is 0 Å². The van der Waals surface area contributed by atoms with E-state index in [1.165, 1.54) is 5.56 Å². The first kappa shape index (κ1) is 14.4. The Balaban J connectivity index is 2.32. The standard InChI is InChI=1S/C16H16Cl2O/c1-11-5-2-3-6-13(11)12(10-19)9-14-15(17)7-4-8-16(14)18/h2-8,12,19H,9-10H2,1H3/t12-/m0/s1. The Morgan fingerprint density at radius 2 is 1.63 bits per heavy atom. The molecule has 1 nitrogen and oxygen atoms in total. The molecule has 1 atom stereocenters. The van der Waals surface area contributed by atoms with Gasteiger partial charge in [0.1, 0.15) is 0 Å². The Bertz CT molecular complexity index is 546. The Labute approximate surface area is 123 Å². The van der Waals surface area contributed by atoms with Gasteiger partial charge in [-0.15, -0.1) is 0 Å². The van der Waals surface area contributed by atoms with Crippen LogP contribution in [0, 0.1) is 6.92 Å². The number of aryl methyl sites for hydroxylation is 1. The quantitative estimate of drug-likeness (QED) is 0.872. The zero-order chi connectivity index (χ0) is 13.8. The topological polar surface area (TPSA) is 20.2 Å². The Morgan fingerprint density at radius 1 is 1.00 bits per heavy atom. The molecular formula is C16H16Cl2O. The highest BCUT2D eigenvalue weighted by Gasteiger charge is 2.16. The lowest BCUT2D eigenvalue weighted by Crippen LogP contribution is -2.10. The molecule has 0 aliphatic heterocycles. The van der Waals surface area contributed by atoms with Crippen molar-refractivity contribution in [3.63, 3.8) is 0 Å². The number of aliphatic hydroxyl groups is 1. The average Bonchev–Trinajstić information content (AvgIpc) is 2.40. The van der Waals surface area contributed by atoms with E-state index in [2.05, 4.69) is 0 Å². The van der Waals surface area contributed by atoms with E-state index in [9.17, 15) is 5.11 Å². The molecule has 2 aromatic carbocycles. The van der Waals surface area contributed by atoms with Gasteiger partial charge in [-0.2, -0.15) is 0 Å². The van der Waals surface area contributed by atoms with Gasteiger partial charge in [-0.25, -0.2) is 0 Å². The van der Waals surface area contributed by atoms with Crippen molar-refractivity contribution in [1.29, 1.82) is 0 Å². The van der Waals surface area contributed by atoms with Gasteiger partial charge in [-0.05, 0) is 42.2 Å². The van der Waals surface area contributed by atoms with Crippen molar-refractivity contribution in [2.45, 2.75) is 19.3 Å². The predicted octanol–water partition coefficient (Wildman–Crippen LogP) is 4.62. The van der Waals surface area contributed by atoms with Crippen LogP contribution >= 0.6 is 23.2 Å². The van der Waals surface area contributed by atoms with Crippen molar-refractivity contribution in [1.82, 2.24) is 0 Å². The molecule has 2 aromatic rings. The summed E-state index contributed by atoms with van der Waals surface area (Å²) in [4.78, 5) is 0. The molecule has 0 unspecified atom stereocenters. The van der Waals surface area contributed by atoms with Crippen molar-refractivity contribution < 1.29 is 5.11 Å². The summed E-state index contributed by atoms with van der Waals surface area (Å²) in [5.74, 6) is 0.0126. The third-order valence-electron chi connectivity index (χ3n) is 3.36. The van der Waals surface area contributed by atoms with Crippen LogP contribution in [0.4, 0.5) is 0 Å². The molecule has 0 radical (unpaired) electrons. The molecule has 19 heavy (non-hydrogen) atoms. The summed E-state index contributed by atoms with van der Waals surface area (Å²) in [6.45, 7) is 2.12. The summed E-state index contributed by atoms with van der Waals surface area (Å²) in [6, 6.07) is 13.6. The number of halogens is 2. The lowest BCUT2D eigenvalue weighted by Gasteiger charge is -2.18. The van der Waals surface area contributed by atoms with Crippen LogP contribution in [0.2, 0.25) is 10.0 Å². The molecule has 0 fully saturated rings. The maximum absolute atomic E-state index is 9.66. The van der Waals surface area contributed by atoms with Crippen molar-refractivity contribution in [3.05, 3.63) is 69.2 Å². The number of aliphatic hydroxyl groups excluding tert-OH is 1. The summed E-state index contributed by atoms with van der Waals surface area (Å²) in [7, 11) is 0. The number of hydrogen-bond acceptors (Lipinski definition) is 1. The molecule has 0 spiro atoms. The fourth-order valence-corrected chi connectivity index (χ4v) is 2.84. The van der Waals surface area contributed by atoms with Gasteiger partial charge in [-0.3, -0.25) is 0 Å². The van der Waals surface area contributed by atoms with Gasteiger partial charge in [-0.1, -0.05) is 53.5 Å². The predicted molar refractivity (Wildman–Crippen MR) is 81.2 cm³/mol. The van der Waals surface area contributed by atoms with Crippen LogP contribution in [0.5, 0.6) is 0 Å². The van der Waals surface area contributed by atoms with E-state index < -0.39 is 0 Å². The second-order valence-electron chi connectivity index (χ2n) is 4.64. The minimum atomic E-state index is 0.0126. The summed E-state index contributed by atoms with van der Waals surface area (Å²) in [6.07, 6.45) is 0.639. The van der Waals surface area contributed by atoms with Gasteiger partial charge < -0.3 is 5.11 Å². The molecule has 0 saturated heterocycles. The molecule has 2 rings (SSSR count). The lowest BCUT2D eigenvalue weighted by atomic mass is 9.90. The Hall–Kier alpha value is -1.02. The number of hydrogen-bond donors (Lipinski definition) is 1. The lowest BCUT2D eigenvalue weighted by molar-refractivity contribution is 0.264.